The highest BCUT2D eigenvalue weighted by atomic mass is 16.5. The Morgan fingerprint density at radius 3 is 2.77 bits per heavy atom. The maximum Gasteiger partial charge on any atom is 0.308 e. The molecule has 0 saturated carbocycles. The van der Waals surface area contributed by atoms with Crippen LogP contribution >= 0.6 is 0 Å². The number of hydrogen-bond acceptors (Lipinski definition) is 6. The predicted molar refractivity (Wildman–Crippen MR) is 92.1 cm³/mol. The van der Waals surface area contributed by atoms with Gasteiger partial charge in [-0.25, -0.2) is 0 Å². The van der Waals surface area contributed by atoms with E-state index in [1.54, 1.807) is 19.1 Å². The van der Waals surface area contributed by atoms with Crippen molar-refractivity contribution in [1.82, 2.24) is 15.5 Å². The molecule has 8 heteroatoms. The van der Waals surface area contributed by atoms with Crippen LogP contribution in [0.15, 0.2) is 30.6 Å². The highest BCUT2D eigenvalue weighted by molar-refractivity contribution is 6.00. The number of hydrogen-bond donors (Lipinski definition) is 2. The maximum absolute atomic E-state index is 12.8. The Hall–Kier alpha value is -3.03. The van der Waals surface area contributed by atoms with Gasteiger partial charge in [-0.05, 0) is 24.6 Å². The summed E-state index contributed by atoms with van der Waals surface area (Å²) >= 11 is 0. The van der Waals surface area contributed by atoms with Crippen LogP contribution in [0.2, 0.25) is 0 Å². The Bertz CT molecular complexity index is 791. The second-order valence-electron chi connectivity index (χ2n) is 6.31. The first-order valence-electron chi connectivity index (χ1n) is 8.29. The van der Waals surface area contributed by atoms with Crippen molar-refractivity contribution in [2.75, 3.05) is 20.3 Å². The van der Waals surface area contributed by atoms with E-state index in [0.29, 0.717) is 23.7 Å². The zero-order valence-corrected chi connectivity index (χ0v) is 14.8. The number of nitrogens with one attached hydrogen (secondary N) is 2. The summed E-state index contributed by atoms with van der Waals surface area (Å²) < 4.78 is 10.2. The summed E-state index contributed by atoms with van der Waals surface area (Å²) in [5.74, 6) is -0.253. The number of carbonyl (C=O) groups is 3. The van der Waals surface area contributed by atoms with Crippen LogP contribution in [0, 0.1) is 0 Å². The van der Waals surface area contributed by atoms with Crippen molar-refractivity contribution < 1.29 is 23.9 Å². The molecule has 0 aliphatic carbocycles. The Balaban J connectivity index is 1.84. The van der Waals surface area contributed by atoms with E-state index in [4.69, 9.17) is 9.47 Å². The van der Waals surface area contributed by atoms with Gasteiger partial charge in [0.05, 0.1) is 32.5 Å². The van der Waals surface area contributed by atoms with Crippen molar-refractivity contribution in [3.63, 3.8) is 0 Å². The van der Waals surface area contributed by atoms with E-state index in [9.17, 15) is 14.4 Å². The molecule has 2 amide bonds. The normalized spacial score (nSPS) is 21.3. The molecule has 2 aliphatic rings. The molecule has 138 valence electrons. The summed E-state index contributed by atoms with van der Waals surface area (Å²) in [4.78, 5) is 38.8. The molecule has 0 radical (unpaired) electrons. The van der Waals surface area contributed by atoms with Gasteiger partial charge in [-0.15, -0.1) is 0 Å². The molecule has 26 heavy (non-hydrogen) atoms. The van der Waals surface area contributed by atoms with Gasteiger partial charge in [-0.2, -0.15) is 0 Å². The lowest BCUT2D eigenvalue weighted by Gasteiger charge is -2.30. The number of benzene rings is 1. The standard InChI is InChI=1S/C18H21N3O5/c1-4-26-15(22)8-18(17(24)19-11(2)20-18)10-21-9-12-5-6-13(25-3)7-14(12)16(21)23/h5-7,20H,2,4,8-10H2,1,3H3,(H,19,24). The van der Waals surface area contributed by atoms with Crippen LogP contribution in [0.1, 0.15) is 29.3 Å². The van der Waals surface area contributed by atoms with Crippen LogP contribution < -0.4 is 15.4 Å². The van der Waals surface area contributed by atoms with E-state index in [1.165, 1.54) is 12.0 Å². The SMILES string of the molecule is C=C1NC(=O)C(CC(=O)OCC)(CN2Cc3ccc(OC)cc3C2=O)N1. The van der Waals surface area contributed by atoms with Crippen molar-refractivity contribution in [3.05, 3.63) is 41.7 Å². The Morgan fingerprint density at radius 2 is 2.15 bits per heavy atom. The third-order valence-electron chi connectivity index (χ3n) is 4.50. The van der Waals surface area contributed by atoms with Gasteiger partial charge in [0.1, 0.15) is 11.3 Å². The number of carbonyl (C=O) groups excluding carboxylic acids is 3. The molecule has 3 rings (SSSR count). The van der Waals surface area contributed by atoms with Gasteiger partial charge >= 0.3 is 5.97 Å². The first kappa shape index (κ1) is 17.8. The summed E-state index contributed by atoms with van der Waals surface area (Å²) in [6.07, 6.45) is -0.199. The molecule has 0 aromatic heterocycles. The molecule has 2 aliphatic heterocycles. The molecule has 2 N–H and O–H groups in total. The van der Waals surface area contributed by atoms with Gasteiger partial charge in [0, 0.05) is 12.1 Å². The fraction of sp³-hybridized carbons (Fsp3) is 0.389. The zero-order valence-electron chi connectivity index (χ0n) is 14.8. The van der Waals surface area contributed by atoms with Gasteiger partial charge in [0.25, 0.3) is 11.8 Å². The minimum absolute atomic E-state index is 0.0203. The lowest BCUT2D eigenvalue weighted by molar-refractivity contribution is -0.147. The van der Waals surface area contributed by atoms with Crippen LogP contribution in [0.25, 0.3) is 0 Å². The molecule has 1 fully saturated rings. The number of rotatable bonds is 6. The van der Waals surface area contributed by atoms with Crippen molar-refractivity contribution in [2.45, 2.75) is 25.4 Å². The molecule has 0 spiro atoms. The minimum atomic E-state index is -1.30. The fourth-order valence-corrected chi connectivity index (χ4v) is 3.30. The number of esters is 1. The Morgan fingerprint density at radius 1 is 1.38 bits per heavy atom. The van der Waals surface area contributed by atoms with Crippen molar-refractivity contribution >= 4 is 17.8 Å². The third-order valence-corrected chi connectivity index (χ3v) is 4.50. The van der Waals surface area contributed by atoms with Gasteiger partial charge in [0.15, 0.2) is 0 Å². The lowest BCUT2D eigenvalue weighted by atomic mass is 9.94. The Labute approximate surface area is 151 Å². The molecule has 1 aromatic rings. The number of methoxy groups -OCH3 is 1. The molecular formula is C18H21N3O5. The average molecular weight is 359 g/mol. The summed E-state index contributed by atoms with van der Waals surface area (Å²) in [5, 5.41) is 5.50. The molecule has 1 atom stereocenters. The van der Waals surface area contributed by atoms with Gasteiger partial charge in [-0.1, -0.05) is 12.6 Å². The minimum Gasteiger partial charge on any atom is -0.497 e. The molecule has 1 aromatic carbocycles. The van der Waals surface area contributed by atoms with Crippen LogP contribution in [0.4, 0.5) is 0 Å². The number of nitrogens with zero attached hydrogens (tertiary/aromatic N) is 1. The lowest BCUT2D eigenvalue weighted by Crippen LogP contribution is -2.56. The zero-order chi connectivity index (χ0) is 18.9. The topological polar surface area (TPSA) is 97.0 Å². The smallest absolute Gasteiger partial charge is 0.308 e. The van der Waals surface area contributed by atoms with Crippen molar-refractivity contribution in [1.29, 1.82) is 0 Å². The predicted octanol–water partition coefficient (Wildman–Crippen LogP) is 0.534. The molecule has 1 saturated heterocycles. The number of ether oxygens (including phenoxy) is 2. The number of amides is 2. The van der Waals surface area contributed by atoms with E-state index in [2.05, 4.69) is 17.2 Å². The maximum atomic E-state index is 12.8. The molecule has 2 heterocycles. The van der Waals surface area contributed by atoms with E-state index in [1.807, 2.05) is 6.07 Å². The van der Waals surface area contributed by atoms with Crippen molar-refractivity contribution in [2.24, 2.45) is 0 Å². The van der Waals surface area contributed by atoms with Crippen LogP contribution in [-0.2, 0) is 20.9 Å². The van der Waals surface area contributed by atoms with Crippen LogP contribution in [0.5, 0.6) is 5.75 Å². The molecule has 1 unspecified atom stereocenters. The number of fused-ring (bicyclic) bond motifs is 1. The first-order chi connectivity index (χ1) is 12.4. The second-order valence-corrected chi connectivity index (χ2v) is 6.31. The van der Waals surface area contributed by atoms with E-state index in [0.717, 1.165) is 5.56 Å². The van der Waals surface area contributed by atoms with Gasteiger partial charge in [0.2, 0.25) is 0 Å². The summed E-state index contributed by atoms with van der Waals surface area (Å²) in [6.45, 7) is 5.97. The largest absolute Gasteiger partial charge is 0.497 e. The summed E-state index contributed by atoms with van der Waals surface area (Å²) in [6, 6.07) is 5.29. The highest BCUT2D eigenvalue weighted by Gasteiger charge is 2.49. The summed E-state index contributed by atoms with van der Waals surface area (Å²) in [5.41, 5.74) is 0.0812. The fourth-order valence-electron chi connectivity index (χ4n) is 3.30. The first-order valence-corrected chi connectivity index (χ1v) is 8.29. The quantitative estimate of drug-likeness (QED) is 0.720. The van der Waals surface area contributed by atoms with Crippen LogP contribution in [-0.4, -0.2) is 48.5 Å². The highest BCUT2D eigenvalue weighted by Crippen LogP contribution is 2.30. The van der Waals surface area contributed by atoms with E-state index < -0.39 is 17.4 Å². The van der Waals surface area contributed by atoms with Crippen LogP contribution in [0.3, 0.4) is 0 Å². The second kappa shape index (κ2) is 6.70. The van der Waals surface area contributed by atoms with Gasteiger partial charge in [-0.3, -0.25) is 14.4 Å². The molecular weight excluding hydrogens is 338 g/mol. The third kappa shape index (κ3) is 3.10. The summed E-state index contributed by atoms with van der Waals surface area (Å²) in [7, 11) is 1.53. The van der Waals surface area contributed by atoms with Gasteiger partial charge < -0.3 is 25.0 Å². The van der Waals surface area contributed by atoms with Crippen molar-refractivity contribution in [3.8, 4) is 5.75 Å². The molecule has 8 nitrogen and oxygen atoms in total. The average Bonchev–Trinajstić information content (AvgIpc) is 3.04. The monoisotopic (exact) mass is 359 g/mol. The Kier molecular flexibility index (Phi) is 4.58. The molecule has 0 bridgehead atoms. The van der Waals surface area contributed by atoms with E-state index >= 15 is 0 Å². The van der Waals surface area contributed by atoms with E-state index in [-0.39, 0.29) is 25.5 Å².